The fourth-order valence-corrected chi connectivity index (χ4v) is 4.28. The average Bonchev–Trinajstić information content (AvgIpc) is 2.46. The molecule has 1 atom stereocenters. The molecule has 0 aliphatic heterocycles. The van der Waals surface area contributed by atoms with Crippen molar-refractivity contribution in [3.8, 4) is 0 Å². The molecule has 116 valence electrons. The van der Waals surface area contributed by atoms with E-state index in [4.69, 9.17) is 0 Å². The van der Waals surface area contributed by atoms with Crippen LogP contribution in [0.25, 0.3) is 0 Å². The molecule has 1 aliphatic carbocycles. The largest absolute Gasteiger partial charge is 0.480 e. The summed E-state index contributed by atoms with van der Waals surface area (Å²) in [5, 5.41) is 9.35. The summed E-state index contributed by atoms with van der Waals surface area (Å²) in [6.45, 7) is 0. The Balaban J connectivity index is 2.18. The second kappa shape index (κ2) is 7.06. The molecule has 2 N–H and O–H groups in total. The molecule has 0 amide bonds. The number of rotatable bonds is 5. The van der Waals surface area contributed by atoms with E-state index in [1.165, 1.54) is 12.1 Å². The Hall–Kier alpha value is -0.670. The fourth-order valence-electron chi connectivity index (χ4n) is 2.66. The first kappa shape index (κ1) is 16.7. The summed E-state index contributed by atoms with van der Waals surface area (Å²) >= 11 is 2.09. The predicted octanol–water partition coefficient (Wildman–Crippen LogP) is 2.60. The van der Waals surface area contributed by atoms with Crippen molar-refractivity contribution in [2.75, 3.05) is 0 Å². The standard InChI is InChI=1S/C14H18INO4S/c15-11-6-8-12(9-7-11)21(19,20)16-13(14(17)18)10-4-2-1-3-5-10/h6-10,13,16H,1-5H2,(H,17,18). The summed E-state index contributed by atoms with van der Waals surface area (Å²) in [6, 6.07) is 5.31. The Labute approximate surface area is 138 Å². The zero-order valence-electron chi connectivity index (χ0n) is 11.5. The number of carboxylic acids is 1. The lowest BCUT2D eigenvalue weighted by Gasteiger charge is -2.27. The molecule has 0 radical (unpaired) electrons. The van der Waals surface area contributed by atoms with Crippen molar-refractivity contribution in [1.82, 2.24) is 4.72 Å². The number of aliphatic carboxylic acids is 1. The van der Waals surface area contributed by atoms with Crippen LogP contribution in [0.4, 0.5) is 0 Å². The smallest absolute Gasteiger partial charge is 0.322 e. The molecule has 0 saturated heterocycles. The maximum Gasteiger partial charge on any atom is 0.322 e. The first-order chi connectivity index (χ1) is 9.90. The summed E-state index contributed by atoms with van der Waals surface area (Å²) in [5.41, 5.74) is 0. The third-order valence-electron chi connectivity index (χ3n) is 3.79. The highest BCUT2D eigenvalue weighted by molar-refractivity contribution is 14.1. The van der Waals surface area contributed by atoms with Crippen LogP contribution in [0.3, 0.4) is 0 Å². The minimum absolute atomic E-state index is 0.102. The van der Waals surface area contributed by atoms with Gasteiger partial charge in [-0.25, -0.2) is 8.42 Å². The topological polar surface area (TPSA) is 83.5 Å². The van der Waals surface area contributed by atoms with E-state index in [1.54, 1.807) is 12.1 Å². The fraction of sp³-hybridized carbons (Fsp3) is 0.500. The van der Waals surface area contributed by atoms with Gasteiger partial charge in [0.1, 0.15) is 6.04 Å². The first-order valence-electron chi connectivity index (χ1n) is 6.91. The first-order valence-corrected chi connectivity index (χ1v) is 9.47. The second-order valence-corrected chi connectivity index (χ2v) is 8.25. The predicted molar refractivity (Wildman–Crippen MR) is 87.5 cm³/mol. The second-order valence-electron chi connectivity index (χ2n) is 5.29. The Bertz CT molecular complexity index is 594. The molecule has 0 bridgehead atoms. The van der Waals surface area contributed by atoms with Gasteiger partial charge >= 0.3 is 5.97 Å². The van der Waals surface area contributed by atoms with E-state index >= 15 is 0 Å². The van der Waals surface area contributed by atoms with Crippen LogP contribution in [0, 0.1) is 9.49 Å². The molecule has 1 aliphatic rings. The van der Waals surface area contributed by atoms with Gasteiger partial charge < -0.3 is 5.11 Å². The zero-order chi connectivity index (χ0) is 15.5. The normalized spacial score (nSPS) is 18.3. The molecular formula is C14H18INO4S. The summed E-state index contributed by atoms with van der Waals surface area (Å²) in [5.74, 6) is -1.23. The van der Waals surface area contributed by atoms with Gasteiger partial charge in [0.25, 0.3) is 0 Å². The van der Waals surface area contributed by atoms with Gasteiger partial charge in [0.2, 0.25) is 10.0 Å². The van der Waals surface area contributed by atoms with E-state index < -0.39 is 22.0 Å². The lowest BCUT2D eigenvalue weighted by atomic mass is 9.84. The number of benzene rings is 1. The van der Waals surface area contributed by atoms with E-state index in [1.807, 2.05) is 0 Å². The summed E-state index contributed by atoms with van der Waals surface area (Å²) < 4.78 is 27.9. The Kier molecular flexibility index (Phi) is 5.61. The molecule has 1 saturated carbocycles. The Morgan fingerprint density at radius 1 is 1.19 bits per heavy atom. The van der Waals surface area contributed by atoms with Crippen LogP contribution in [-0.4, -0.2) is 25.5 Å². The van der Waals surface area contributed by atoms with Crippen LogP contribution in [0.5, 0.6) is 0 Å². The molecule has 0 spiro atoms. The van der Waals surface area contributed by atoms with Gasteiger partial charge in [-0.2, -0.15) is 4.72 Å². The molecule has 0 heterocycles. The minimum Gasteiger partial charge on any atom is -0.480 e. The SMILES string of the molecule is O=C(O)C(NS(=O)(=O)c1ccc(I)cc1)C1CCCCC1. The number of sulfonamides is 1. The molecule has 1 unspecified atom stereocenters. The van der Waals surface area contributed by atoms with Crippen molar-refractivity contribution in [2.45, 2.75) is 43.0 Å². The number of nitrogens with one attached hydrogen (secondary N) is 1. The molecule has 1 fully saturated rings. The van der Waals surface area contributed by atoms with Crippen LogP contribution in [0.1, 0.15) is 32.1 Å². The van der Waals surface area contributed by atoms with Crippen LogP contribution in [-0.2, 0) is 14.8 Å². The maximum absolute atomic E-state index is 12.3. The third-order valence-corrected chi connectivity index (χ3v) is 5.97. The van der Waals surface area contributed by atoms with Gasteiger partial charge in [-0.05, 0) is 65.6 Å². The van der Waals surface area contributed by atoms with Crippen molar-refractivity contribution in [3.05, 3.63) is 27.8 Å². The number of halogens is 1. The van der Waals surface area contributed by atoms with Gasteiger partial charge in [-0.1, -0.05) is 19.3 Å². The van der Waals surface area contributed by atoms with Gasteiger partial charge in [0.15, 0.2) is 0 Å². The van der Waals surface area contributed by atoms with Crippen molar-refractivity contribution in [1.29, 1.82) is 0 Å². The third kappa shape index (κ3) is 4.40. The van der Waals surface area contributed by atoms with Crippen LogP contribution < -0.4 is 4.72 Å². The van der Waals surface area contributed by atoms with E-state index in [9.17, 15) is 18.3 Å². The molecule has 1 aromatic rings. The zero-order valence-corrected chi connectivity index (χ0v) is 14.4. The molecular weight excluding hydrogens is 405 g/mol. The molecule has 1 aromatic carbocycles. The summed E-state index contributed by atoms with van der Waals surface area (Å²) in [6.07, 6.45) is 4.52. The van der Waals surface area contributed by atoms with Gasteiger partial charge in [-0.3, -0.25) is 4.79 Å². The summed E-state index contributed by atoms with van der Waals surface area (Å²) in [7, 11) is -3.80. The summed E-state index contributed by atoms with van der Waals surface area (Å²) in [4.78, 5) is 11.5. The van der Waals surface area contributed by atoms with Gasteiger partial charge in [0, 0.05) is 3.57 Å². The van der Waals surface area contributed by atoms with Crippen LogP contribution in [0.2, 0.25) is 0 Å². The lowest BCUT2D eigenvalue weighted by molar-refractivity contribution is -0.140. The quantitative estimate of drug-likeness (QED) is 0.714. The van der Waals surface area contributed by atoms with Crippen LogP contribution >= 0.6 is 22.6 Å². The molecule has 0 aromatic heterocycles. The number of hydrogen-bond donors (Lipinski definition) is 2. The minimum atomic E-state index is -3.80. The highest BCUT2D eigenvalue weighted by atomic mass is 127. The van der Waals surface area contributed by atoms with E-state index in [0.29, 0.717) is 0 Å². The molecule has 21 heavy (non-hydrogen) atoms. The van der Waals surface area contributed by atoms with E-state index in [-0.39, 0.29) is 10.8 Å². The maximum atomic E-state index is 12.3. The number of carbonyl (C=O) groups is 1. The monoisotopic (exact) mass is 423 g/mol. The van der Waals surface area contributed by atoms with Crippen molar-refractivity contribution in [2.24, 2.45) is 5.92 Å². The van der Waals surface area contributed by atoms with E-state index in [2.05, 4.69) is 27.3 Å². The molecule has 2 rings (SSSR count). The van der Waals surface area contributed by atoms with Gasteiger partial charge in [0.05, 0.1) is 4.90 Å². The van der Waals surface area contributed by atoms with Crippen molar-refractivity contribution in [3.63, 3.8) is 0 Å². The van der Waals surface area contributed by atoms with E-state index in [0.717, 1.165) is 35.7 Å². The average molecular weight is 423 g/mol. The highest BCUT2D eigenvalue weighted by Gasteiger charge is 2.33. The number of hydrogen-bond acceptors (Lipinski definition) is 3. The number of carboxylic acid groups (broad SMARTS) is 1. The van der Waals surface area contributed by atoms with Crippen molar-refractivity contribution >= 4 is 38.6 Å². The Morgan fingerprint density at radius 3 is 2.29 bits per heavy atom. The highest BCUT2D eigenvalue weighted by Crippen LogP contribution is 2.27. The Morgan fingerprint density at radius 2 is 1.76 bits per heavy atom. The lowest BCUT2D eigenvalue weighted by Crippen LogP contribution is -2.46. The van der Waals surface area contributed by atoms with Crippen molar-refractivity contribution < 1.29 is 18.3 Å². The molecule has 5 nitrogen and oxygen atoms in total. The van der Waals surface area contributed by atoms with Gasteiger partial charge in [-0.15, -0.1) is 0 Å². The van der Waals surface area contributed by atoms with Crippen LogP contribution in [0.15, 0.2) is 29.2 Å². The molecule has 7 heteroatoms.